The van der Waals surface area contributed by atoms with Gasteiger partial charge in [-0.25, -0.2) is 5.43 Å². The zero-order chi connectivity index (χ0) is 12.0. The van der Waals surface area contributed by atoms with E-state index in [1.807, 2.05) is 30.3 Å². The summed E-state index contributed by atoms with van der Waals surface area (Å²) in [5.41, 5.74) is 5.62. The number of amides is 1. The van der Waals surface area contributed by atoms with E-state index in [2.05, 4.69) is 10.9 Å². The van der Waals surface area contributed by atoms with Crippen LogP contribution in [0.25, 0.3) is 0 Å². The summed E-state index contributed by atoms with van der Waals surface area (Å²) < 4.78 is 0. The van der Waals surface area contributed by atoms with Gasteiger partial charge in [-0.15, -0.1) is 0 Å². The van der Waals surface area contributed by atoms with E-state index in [1.54, 1.807) is 0 Å². The number of carboxylic acids is 1. The van der Waals surface area contributed by atoms with Gasteiger partial charge in [0.1, 0.15) is 6.04 Å². The van der Waals surface area contributed by atoms with Crippen molar-refractivity contribution in [2.24, 2.45) is 0 Å². The van der Waals surface area contributed by atoms with Gasteiger partial charge in [-0.05, 0) is 12.5 Å². The summed E-state index contributed by atoms with van der Waals surface area (Å²) in [4.78, 5) is 21.8. The molecule has 1 aromatic rings. The maximum Gasteiger partial charge on any atom is 0.322 e. The van der Waals surface area contributed by atoms with Crippen molar-refractivity contribution >= 4 is 11.9 Å². The van der Waals surface area contributed by atoms with Gasteiger partial charge in [-0.2, -0.15) is 0 Å². The number of benzene rings is 1. The van der Waals surface area contributed by atoms with Crippen LogP contribution in [0.5, 0.6) is 0 Å². The third kappa shape index (κ3) is 4.10. The molecule has 1 aromatic carbocycles. The van der Waals surface area contributed by atoms with E-state index in [0.717, 1.165) is 5.56 Å². The first-order chi connectivity index (χ1) is 7.59. The van der Waals surface area contributed by atoms with Crippen LogP contribution in [0, 0.1) is 0 Å². The maximum absolute atomic E-state index is 11.4. The van der Waals surface area contributed by atoms with E-state index >= 15 is 0 Å². The average Bonchev–Trinajstić information content (AvgIpc) is 2.27. The number of carbonyl (C=O) groups is 2. The number of hydrazine groups is 1. The summed E-state index contributed by atoms with van der Waals surface area (Å²) in [5, 5.41) is 8.57. The molecular weight excluding hydrogens is 208 g/mol. The predicted molar refractivity (Wildman–Crippen MR) is 58.5 cm³/mol. The Morgan fingerprint density at radius 1 is 1.31 bits per heavy atom. The first-order valence-corrected chi connectivity index (χ1v) is 4.90. The molecule has 86 valence electrons. The van der Waals surface area contributed by atoms with Gasteiger partial charge in [0.05, 0.1) is 6.42 Å². The van der Waals surface area contributed by atoms with Gasteiger partial charge in [0.2, 0.25) is 5.91 Å². The highest BCUT2D eigenvalue weighted by Gasteiger charge is 2.10. The molecule has 1 atom stereocenters. The smallest absolute Gasteiger partial charge is 0.322 e. The number of rotatable bonds is 5. The lowest BCUT2D eigenvalue weighted by molar-refractivity contribution is -0.139. The van der Waals surface area contributed by atoms with Crippen LogP contribution in [-0.4, -0.2) is 23.0 Å². The summed E-state index contributed by atoms with van der Waals surface area (Å²) in [6, 6.07) is 8.41. The summed E-state index contributed by atoms with van der Waals surface area (Å²) in [5.74, 6) is -1.28. The first-order valence-electron chi connectivity index (χ1n) is 4.90. The standard InChI is InChI=1S/C11H14N2O3/c1-8(11(15)16)12-13-10(14)7-9-5-3-2-4-6-9/h2-6,8,12H,7H2,1H3,(H,13,14)(H,15,16)/t8-/m1/s1. The van der Waals surface area contributed by atoms with E-state index in [0.29, 0.717) is 0 Å². The fourth-order valence-corrected chi connectivity index (χ4v) is 1.08. The molecule has 0 aliphatic carbocycles. The summed E-state index contributed by atoms with van der Waals surface area (Å²) in [6.45, 7) is 1.45. The monoisotopic (exact) mass is 222 g/mol. The molecule has 0 aromatic heterocycles. The third-order valence-corrected chi connectivity index (χ3v) is 2.01. The van der Waals surface area contributed by atoms with Crippen LogP contribution in [-0.2, 0) is 16.0 Å². The molecule has 0 aliphatic heterocycles. The van der Waals surface area contributed by atoms with Crippen molar-refractivity contribution in [3.8, 4) is 0 Å². The van der Waals surface area contributed by atoms with Crippen LogP contribution >= 0.6 is 0 Å². The minimum atomic E-state index is -1.01. The van der Waals surface area contributed by atoms with E-state index in [1.165, 1.54) is 6.92 Å². The van der Waals surface area contributed by atoms with Crippen molar-refractivity contribution in [2.45, 2.75) is 19.4 Å². The first kappa shape index (κ1) is 12.2. The van der Waals surface area contributed by atoms with Crippen LogP contribution in [0.3, 0.4) is 0 Å². The number of carbonyl (C=O) groups excluding carboxylic acids is 1. The van der Waals surface area contributed by atoms with Gasteiger partial charge in [-0.3, -0.25) is 15.0 Å². The Labute approximate surface area is 93.4 Å². The topological polar surface area (TPSA) is 78.4 Å². The SMILES string of the molecule is C[C@@H](NNC(=O)Cc1ccccc1)C(=O)O. The van der Waals surface area contributed by atoms with E-state index in [9.17, 15) is 9.59 Å². The number of carboxylic acid groups (broad SMARTS) is 1. The normalized spacial score (nSPS) is 11.8. The molecule has 1 rings (SSSR count). The lowest BCUT2D eigenvalue weighted by Gasteiger charge is -2.10. The van der Waals surface area contributed by atoms with Crippen LogP contribution in [0.1, 0.15) is 12.5 Å². The van der Waals surface area contributed by atoms with Crippen molar-refractivity contribution in [2.75, 3.05) is 0 Å². The van der Waals surface area contributed by atoms with Gasteiger partial charge in [-0.1, -0.05) is 30.3 Å². The van der Waals surface area contributed by atoms with Crippen molar-refractivity contribution in [1.29, 1.82) is 0 Å². The lowest BCUT2D eigenvalue weighted by Crippen LogP contribution is -2.47. The molecular formula is C11H14N2O3. The fraction of sp³-hybridized carbons (Fsp3) is 0.273. The predicted octanol–water partition coefficient (Wildman–Crippen LogP) is 0.323. The second kappa shape index (κ2) is 5.87. The molecule has 1 amide bonds. The molecule has 0 saturated heterocycles. The summed E-state index contributed by atoms with van der Waals surface area (Å²) >= 11 is 0. The van der Waals surface area contributed by atoms with Crippen LogP contribution in [0.15, 0.2) is 30.3 Å². The minimum absolute atomic E-state index is 0.222. The molecule has 0 fully saturated rings. The quantitative estimate of drug-likeness (QED) is 0.627. The second-order valence-corrected chi connectivity index (χ2v) is 3.41. The van der Waals surface area contributed by atoms with Gasteiger partial charge >= 0.3 is 5.97 Å². The number of hydrogen-bond donors (Lipinski definition) is 3. The molecule has 5 heteroatoms. The van der Waals surface area contributed by atoms with Crippen LogP contribution < -0.4 is 10.9 Å². The van der Waals surface area contributed by atoms with Crippen LogP contribution in [0.2, 0.25) is 0 Å². The number of aliphatic carboxylic acids is 1. The maximum atomic E-state index is 11.4. The molecule has 0 aliphatic rings. The Kier molecular flexibility index (Phi) is 4.47. The largest absolute Gasteiger partial charge is 0.480 e. The Morgan fingerprint density at radius 3 is 2.50 bits per heavy atom. The average molecular weight is 222 g/mol. The Morgan fingerprint density at radius 2 is 1.94 bits per heavy atom. The fourth-order valence-electron chi connectivity index (χ4n) is 1.08. The number of nitrogens with one attached hydrogen (secondary N) is 2. The molecule has 0 spiro atoms. The Balaban J connectivity index is 2.35. The molecule has 3 N–H and O–H groups in total. The van der Waals surface area contributed by atoms with Crippen molar-refractivity contribution < 1.29 is 14.7 Å². The van der Waals surface area contributed by atoms with Crippen LogP contribution in [0.4, 0.5) is 0 Å². The molecule has 0 bridgehead atoms. The van der Waals surface area contributed by atoms with E-state index < -0.39 is 12.0 Å². The summed E-state index contributed by atoms with van der Waals surface area (Å²) in [7, 11) is 0. The highest BCUT2D eigenvalue weighted by Crippen LogP contribution is 1.98. The highest BCUT2D eigenvalue weighted by molar-refractivity contribution is 5.79. The zero-order valence-corrected chi connectivity index (χ0v) is 8.93. The molecule has 0 unspecified atom stereocenters. The van der Waals surface area contributed by atoms with Gasteiger partial charge in [0.15, 0.2) is 0 Å². The third-order valence-electron chi connectivity index (χ3n) is 2.01. The highest BCUT2D eigenvalue weighted by atomic mass is 16.4. The molecule has 16 heavy (non-hydrogen) atoms. The molecule has 5 nitrogen and oxygen atoms in total. The van der Waals surface area contributed by atoms with Crippen molar-refractivity contribution in [1.82, 2.24) is 10.9 Å². The number of hydrogen-bond acceptors (Lipinski definition) is 3. The van der Waals surface area contributed by atoms with Gasteiger partial charge < -0.3 is 5.11 Å². The Hall–Kier alpha value is -1.88. The molecule has 0 radical (unpaired) electrons. The molecule has 0 saturated carbocycles. The Bertz CT molecular complexity index is 365. The van der Waals surface area contributed by atoms with E-state index in [4.69, 9.17) is 5.11 Å². The lowest BCUT2D eigenvalue weighted by atomic mass is 10.1. The van der Waals surface area contributed by atoms with E-state index in [-0.39, 0.29) is 12.3 Å². The van der Waals surface area contributed by atoms with Crippen molar-refractivity contribution in [3.63, 3.8) is 0 Å². The van der Waals surface area contributed by atoms with Crippen molar-refractivity contribution in [3.05, 3.63) is 35.9 Å². The second-order valence-electron chi connectivity index (χ2n) is 3.41. The molecule has 0 heterocycles. The van der Waals surface area contributed by atoms with Gasteiger partial charge in [0.25, 0.3) is 0 Å². The van der Waals surface area contributed by atoms with Gasteiger partial charge in [0, 0.05) is 0 Å². The zero-order valence-electron chi connectivity index (χ0n) is 8.93. The summed E-state index contributed by atoms with van der Waals surface area (Å²) in [6.07, 6.45) is 0.222. The minimum Gasteiger partial charge on any atom is -0.480 e.